The molecule has 0 spiro atoms. The highest BCUT2D eigenvalue weighted by molar-refractivity contribution is 5.81. The van der Waals surface area contributed by atoms with Gasteiger partial charge in [-0.1, -0.05) is 0 Å². The standard InChI is InChI=1S/C8H14N4O/c1-5(9)8(13)12-6(2)7-3-10-11-4-7/h3-6H,9H2,1-2H3,(H,10,11)(H,12,13)/t5-,6?/m1/s1. The topological polar surface area (TPSA) is 83.8 Å². The Bertz CT molecular complexity index is 268. The number of hydrogen-bond acceptors (Lipinski definition) is 3. The normalized spacial score (nSPS) is 15.0. The molecule has 0 bridgehead atoms. The molecular weight excluding hydrogens is 168 g/mol. The quantitative estimate of drug-likeness (QED) is 0.612. The van der Waals surface area contributed by atoms with Gasteiger partial charge in [0.2, 0.25) is 5.91 Å². The Balaban J connectivity index is 2.51. The molecule has 1 heterocycles. The maximum Gasteiger partial charge on any atom is 0.237 e. The van der Waals surface area contributed by atoms with Gasteiger partial charge >= 0.3 is 0 Å². The van der Waals surface area contributed by atoms with Gasteiger partial charge < -0.3 is 11.1 Å². The molecule has 0 saturated carbocycles. The summed E-state index contributed by atoms with van der Waals surface area (Å²) in [6.45, 7) is 3.53. The molecule has 1 rings (SSSR count). The highest BCUT2D eigenvalue weighted by atomic mass is 16.2. The molecule has 2 atom stereocenters. The third kappa shape index (κ3) is 2.55. The number of nitrogens with one attached hydrogen (secondary N) is 2. The molecule has 1 amide bonds. The summed E-state index contributed by atoms with van der Waals surface area (Å²) in [4.78, 5) is 11.2. The minimum Gasteiger partial charge on any atom is -0.348 e. The molecule has 13 heavy (non-hydrogen) atoms. The third-order valence-corrected chi connectivity index (χ3v) is 1.79. The van der Waals surface area contributed by atoms with Crippen LogP contribution in [0.5, 0.6) is 0 Å². The van der Waals surface area contributed by atoms with Gasteiger partial charge in [-0.2, -0.15) is 5.10 Å². The number of H-pyrrole nitrogens is 1. The number of carbonyl (C=O) groups is 1. The molecule has 1 unspecified atom stereocenters. The molecule has 4 N–H and O–H groups in total. The van der Waals surface area contributed by atoms with Gasteiger partial charge in [-0.05, 0) is 13.8 Å². The third-order valence-electron chi connectivity index (χ3n) is 1.79. The zero-order chi connectivity index (χ0) is 9.84. The van der Waals surface area contributed by atoms with Crippen molar-refractivity contribution in [2.75, 3.05) is 0 Å². The highest BCUT2D eigenvalue weighted by Gasteiger charge is 2.12. The largest absolute Gasteiger partial charge is 0.348 e. The highest BCUT2D eigenvalue weighted by Crippen LogP contribution is 2.08. The van der Waals surface area contributed by atoms with Crippen molar-refractivity contribution in [1.29, 1.82) is 0 Å². The number of nitrogens with two attached hydrogens (primary N) is 1. The lowest BCUT2D eigenvalue weighted by Crippen LogP contribution is -2.39. The van der Waals surface area contributed by atoms with Gasteiger partial charge in [0, 0.05) is 11.8 Å². The summed E-state index contributed by atoms with van der Waals surface area (Å²) in [6, 6.07) is -0.536. The molecule has 5 nitrogen and oxygen atoms in total. The molecular formula is C8H14N4O. The fourth-order valence-corrected chi connectivity index (χ4v) is 0.926. The van der Waals surface area contributed by atoms with Gasteiger partial charge in [0.1, 0.15) is 0 Å². The number of rotatable bonds is 3. The number of hydrogen-bond donors (Lipinski definition) is 3. The fraction of sp³-hybridized carbons (Fsp3) is 0.500. The lowest BCUT2D eigenvalue weighted by Gasteiger charge is -2.13. The van der Waals surface area contributed by atoms with Crippen LogP contribution in [0.4, 0.5) is 0 Å². The number of nitrogens with zero attached hydrogens (tertiary/aromatic N) is 1. The van der Waals surface area contributed by atoms with E-state index < -0.39 is 6.04 Å². The molecule has 1 aromatic rings. The summed E-state index contributed by atoms with van der Waals surface area (Å²) in [6.07, 6.45) is 3.41. The summed E-state index contributed by atoms with van der Waals surface area (Å²) in [5.74, 6) is -0.159. The predicted molar refractivity (Wildman–Crippen MR) is 48.8 cm³/mol. The van der Waals surface area contributed by atoms with Crippen LogP contribution in [0.3, 0.4) is 0 Å². The Hall–Kier alpha value is -1.36. The van der Waals surface area contributed by atoms with Gasteiger partial charge in [0.25, 0.3) is 0 Å². The van der Waals surface area contributed by atoms with E-state index >= 15 is 0 Å². The molecule has 1 aromatic heterocycles. The smallest absolute Gasteiger partial charge is 0.237 e. The van der Waals surface area contributed by atoms with Gasteiger partial charge in [0.05, 0.1) is 18.3 Å². The van der Waals surface area contributed by atoms with Crippen LogP contribution in [0.2, 0.25) is 0 Å². The Morgan fingerprint density at radius 2 is 2.38 bits per heavy atom. The van der Waals surface area contributed by atoms with Gasteiger partial charge in [0.15, 0.2) is 0 Å². The van der Waals surface area contributed by atoms with Crippen LogP contribution in [0.15, 0.2) is 12.4 Å². The Morgan fingerprint density at radius 1 is 1.69 bits per heavy atom. The van der Waals surface area contributed by atoms with E-state index in [1.807, 2.05) is 6.92 Å². The van der Waals surface area contributed by atoms with Crippen LogP contribution in [0, 0.1) is 0 Å². The average Bonchev–Trinajstić information content (AvgIpc) is 2.55. The summed E-state index contributed by atoms with van der Waals surface area (Å²) in [7, 11) is 0. The SMILES string of the molecule is CC(NC(=O)[C@@H](C)N)c1cn[nH]c1. The Labute approximate surface area is 76.7 Å². The zero-order valence-electron chi connectivity index (χ0n) is 7.74. The van der Waals surface area contributed by atoms with Crippen LogP contribution in [0.25, 0.3) is 0 Å². The first-order chi connectivity index (χ1) is 6.11. The van der Waals surface area contributed by atoms with Crippen molar-refractivity contribution >= 4 is 5.91 Å². The van der Waals surface area contributed by atoms with Crippen LogP contribution in [0.1, 0.15) is 25.5 Å². The molecule has 0 fully saturated rings. The van der Waals surface area contributed by atoms with Crippen molar-refractivity contribution in [1.82, 2.24) is 15.5 Å². The molecule has 0 aromatic carbocycles. The molecule has 72 valence electrons. The predicted octanol–water partition coefficient (Wildman–Crippen LogP) is -0.0659. The van der Waals surface area contributed by atoms with Crippen molar-refractivity contribution in [2.24, 2.45) is 5.73 Å². The first kappa shape index (κ1) is 9.73. The summed E-state index contributed by atoms with van der Waals surface area (Å²) in [5.41, 5.74) is 6.34. The van der Waals surface area contributed by atoms with Crippen LogP contribution in [-0.2, 0) is 4.79 Å². The van der Waals surface area contributed by atoms with E-state index in [0.717, 1.165) is 5.56 Å². The minimum absolute atomic E-state index is 0.0581. The van der Waals surface area contributed by atoms with Crippen LogP contribution >= 0.6 is 0 Å². The summed E-state index contributed by atoms with van der Waals surface area (Å²) < 4.78 is 0. The average molecular weight is 182 g/mol. The fourth-order valence-electron chi connectivity index (χ4n) is 0.926. The number of aromatic amines is 1. The molecule has 0 saturated heterocycles. The first-order valence-electron chi connectivity index (χ1n) is 4.16. The van der Waals surface area contributed by atoms with Crippen molar-refractivity contribution in [3.05, 3.63) is 18.0 Å². The van der Waals surface area contributed by atoms with Crippen molar-refractivity contribution in [3.8, 4) is 0 Å². The maximum absolute atomic E-state index is 11.2. The van der Waals surface area contributed by atoms with Gasteiger partial charge in [-0.15, -0.1) is 0 Å². The summed E-state index contributed by atoms with van der Waals surface area (Å²) >= 11 is 0. The van der Waals surface area contributed by atoms with E-state index in [-0.39, 0.29) is 11.9 Å². The lowest BCUT2D eigenvalue weighted by molar-refractivity contribution is -0.122. The van der Waals surface area contributed by atoms with Crippen LogP contribution in [-0.4, -0.2) is 22.1 Å². The molecule has 5 heteroatoms. The maximum atomic E-state index is 11.2. The summed E-state index contributed by atoms with van der Waals surface area (Å²) in [5, 5.41) is 9.23. The van der Waals surface area contributed by atoms with E-state index in [4.69, 9.17) is 5.73 Å². The van der Waals surface area contributed by atoms with Gasteiger partial charge in [-0.3, -0.25) is 9.89 Å². The number of carbonyl (C=O) groups excluding carboxylic acids is 1. The second kappa shape index (κ2) is 4.04. The molecule has 0 aliphatic carbocycles. The number of aromatic nitrogens is 2. The second-order valence-electron chi connectivity index (χ2n) is 3.05. The van der Waals surface area contributed by atoms with Crippen molar-refractivity contribution in [2.45, 2.75) is 25.9 Å². The van der Waals surface area contributed by atoms with E-state index in [1.54, 1.807) is 19.3 Å². The van der Waals surface area contributed by atoms with E-state index in [0.29, 0.717) is 0 Å². The van der Waals surface area contributed by atoms with Crippen LogP contribution < -0.4 is 11.1 Å². The van der Waals surface area contributed by atoms with E-state index in [1.165, 1.54) is 0 Å². The minimum atomic E-state index is -0.477. The lowest BCUT2D eigenvalue weighted by atomic mass is 10.2. The Kier molecular flexibility index (Phi) is 3.02. The first-order valence-corrected chi connectivity index (χ1v) is 4.16. The van der Waals surface area contributed by atoms with Gasteiger partial charge in [-0.25, -0.2) is 0 Å². The van der Waals surface area contributed by atoms with Crippen molar-refractivity contribution < 1.29 is 4.79 Å². The second-order valence-corrected chi connectivity index (χ2v) is 3.05. The zero-order valence-corrected chi connectivity index (χ0v) is 7.74. The van der Waals surface area contributed by atoms with E-state index in [2.05, 4.69) is 15.5 Å². The molecule has 0 aliphatic heterocycles. The number of amides is 1. The monoisotopic (exact) mass is 182 g/mol. The Morgan fingerprint density at radius 3 is 2.85 bits per heavy atom. The van der Waals surface area contributed by atoms with Crippen molar-refractivity contribution in [3.63, 3.8) is 0 Å². The van der Waals surface area contributed by atoms with E-state index in [9.17, 15) is 4.79 Å². The molecule has 0 aliphatic rings. The molecule has 0 radical (unpaired) electrons.